The van der Waals surface area contributed by atoms with Crippen molar-refractivity contribution in [2.75, 3.05) is 0 Å². The summed E-state index contributed by atoms with van der Waals surface area (Å²) < 4.78 is 0. The van der Waals surface area contributed by atoms with Gasteiger partial charge in [0.15, 0.2) is 0 Å². The molecule has 0 nitrogen and oxygen atoms in total. The van der Waals surface area contributed by atoms with E-state index in [-0.39, 0.29) is 0 Å². The van der Waals surface area contributed by atoms with Gasteiger partial charge in [-0.3, -0.25) is 0 Å². The van der Waals surface area contributed by atoms with Crippen LogP contribution in [0.5, 0.6) is 0 Å². The Morgan fingerprint density at radius 2 is 1.00 bits per heavy atom. The van der Waals surface area contributed by atoms with E-state index in [0.717, 1.165) is 23.7 Å². The Kier molecular flexibility index (Phi) is 2.01. The van der Waals surface area contributed by atoms with E-state index in [2.05, 4.69) is 55.4 Å². The summed E-state index contributed by atoms with van der Waals surface area (Å²) in [4.78, 5) is 0. The summed E-state index contributed by atoms with van der Waals surface area (Å²) in [6, 6.07) is 0. The summed E-state index contributed by atoms with van der Waals surface area (Å²) in [5.74, 6) is 3.48. The highest BCUT2D eigenvalue weighted by Gasteiger charge is 2.76. The second-order valence-electron chi connectivity index (χ2n) is 7.36. The fourth-order valence-electron chi connectivity index (χ4n) is 5.67. The molecule has 88 valence electrons. The van der Waals surface area contributed by atoms with Crippen molar-refractivity contribution in [3.8, 4) is 0 Å². The van der Waals surface area contributed by atoms with Crippen molar-refractivity contribution in [1.82, 2.24) is 0 Å². The van der Waals surface area contributed by atoms with Crippen LogP contribution in [0.3, 0.4) is 0 Å². The highest BCUT2D eigenvalue weighted by Crippen LogP contribution is 2.81. The Balaban J connectivity index is 2.55. The summed E-state index contributed by atoms with van der Waals surface area (Å²) in [5, 5.41) is 0. The second-order valence-corrected chi connectivity index (χ2v) is 7.36. The van der Waals surface area contributed by atoms with Crippen LogP contribution >= 0.6 is 0 Å². The molecule has 2 aliphatic rings. The summed E-state index contributed by atoms with van der Waals surface area (Å²) in [5.41, 5.74) is 1.60. The zero-order valence-electron chi connectivity index (χ0n) is 11.8. The molecule has 0 aromatic carbocycles. The van der Waals surface area contributed by atoms with Gasteiger partial charge in [0, 0.05) is 0 Å². The first-order valence-electron chi connectivity index (χ1n) is 6.63. The van der Waals surface area contributed by atoms with Gasteiger partial charge in [-0.2, -0.15) is 0 Å². The Morgan fingerprint density at radius 1 is 0.600 bits per heavy atom. The number of hydrogen-bond donors (Lipinski definition) is 0. The maximum atomic E-state index is 2.55. The first-order chi connectivity index (χ1) is 6.63. The molecule has 0 saturated heterocycles. The molecule has 2 fully saturated rings. The summed E-state index contributed by atoms with van der Waals surface area (Å²) >= 11 is 0. The van der Waals surface area contributed by atoms with Gasteiger partial charge in [0.1, 0.15) is 0 Å². The van der Waals surface area contributed by atoms with E-state index in [1.54, 1.807) is 0 Å². The van der Waals surface area contributed by atoms with Crippen molar-refractivity contribution in [1.29, 1.82) is 0 Å². The fraction of sp³-hybridized carbons (Fsp3) is 1.00. The molecule has 0 spiro atoms. The normalized spacial score (nSPS) is 62.4. The van der Waals surface area contributed by atoms with Crippen molar-refractivity contribution in [3.05, 3.63) is 0 Å². The molecule has 0 amide bonds. The molecule has 2 rings (SSSR count). The zero-order chi connectivity index (χ0) is 11.8. The molecule has 0 heteroatoms. The van der Waals surface area contributed by atoms with E-state index in [1.165, 1.54) is 0 Å². The van der Waals surface area contributed by atoms with Gasteiger partial charge in [-0.25, -0.2) is 0 Å². The second kappa shape index (κ2) is 2.63. The van der Waals surface area contributed by atoms with Crippen LogP contribution in [0, 0.1) is 39.9 Å². The van der Waals surface area contributed by atoms with E-state index < -0.39 is 0 Å². The molecule has 0 bridgehead atoms. The van der Waals surface area contributed by atoms with Crippen molar-refractivity contribution in [2.45, 2.75) is 55.4 Å². The first kappa shape index (κ1) is 11.5. The Morgan fingerprint density at radius 3 is 1.40 bits per heavy atom. The van der Waals surface area contributed by atoms with Gasteiger partial charge in [-0.15, -0.1) is 0 Å². The van der Waals surface area contributed by atoms with Crippen LogP contribution in [0.4, 0.5) is 0 Å². The molecule has 0 aromatic rings. The minimum Gasteiger partial charge on any atom is -0.0617 e. The third-order valence-corrected chi connectivity index (χ3v) is 7.90. The molecular weight excluding hydrogens is 180 g/mol. The Bertz CT molecular complexity index is 290. The third kappa shape index (κ3) is 0.806. The highest BCUT2D eigenvalue weighted by molar-refractivity contribution is 5.23. The monoisotopic (exact) mass is 208 g/mol. The van der Waals surface area contributed by atoms with Gasteiger partial charge in [0.25, 0.3) is 0 Å². The van der Waals surface area contributed by atoms with Gasteiger partial charge in [-0.05, 0) is 39.9 Å². The molecule has 0 N–H and O–H groups in total. The number of rotatable bonds is 0. The average Bonchev–Trinajstić information content (AvgIpc) is 2.29. The minimum absolute atomic E-state index is 0.493. The maximum absolute atomic E-state index is 2.55. The van der Waals surface area contributed by atoms with Crippen LogP contribution in [0.2, 0.25) is 0 Å². The van der Waals surface area contributed by atoms with E-state index >= 15 is 0 Å². The van der Waals surface area contributed by atoms with Gasteiger partial charge >= 0.3 is 0 Å². The predicted molar refractivity (Wildman–Crippen MR) is 66.7 cm³/mol. The summed E-state index contributed by atoms with van der Waals surface area (Å²) in [6.07, 6.45) is 0. The molecular formula is C15H28. The molecule has 15 heavy (non-hydrogen) atoms. The van der Waals surface area contributed by atoms with Gasteiger partial charge < -0.3 is 0 Å². The number of hydrogen-bond acceptors (Lipinski definition) is 0. The molecule has 0 radical (unpaired) electrons. The maximum Gasteiger partial charge on any atom is -0.0184 e. The molecule has 2 aliphatic carbocycles. The van der Waals surface area contributed by atoms with E-state index in [4.69, 9.17) is 0 Å². The lowest BCUT2D eigenvalue weighted by Gasteiger charge is -2.68. The van der Waals surface area contributed by atoms with Crippen molar-refractivity contribution in [2.24, 2.45) is 39.9 Å². The van der Waals surface area contributed by atoms with Gasteiger partial charge in [0.05, 0.1) is 0 Å². The van der Waals surface area contributed by atoms with E-state index in [9.17, 15) is 0 Å². The minimum atomic E-state index is 0.493. The lowest BCUT2D eigenvalue weighted by Crippen LogP contribution is -2.63. The summed E-state index contributed by atoms with van der Waals surface area (Å²) in [6.45, 7) is 20.0. The molecule has 0 aromatic heterocycles. The third-order valence-electron chi connectivity index (χ3n) is 7.90. The van der Waals surface area contributed by atoms with Crippen molar-refractivity contribution in [3.63, 3.8) is 0 Å². The number of fused-ring (bicyclic) bond motifs is 1. The smallest absolute Gasteiger partial charge is 0.0184 e. The van der Waals surface area contributed by atoms with Gasteiger partial charge in [0.2, 0.25) is 0 Å². The Hall–Kier alpha value is 0. The largest absolute Gasteiger partial charge is 0.0617 e. The summed E-state index contributed by atoms with van der Waals surface area (Å²) in [7, 11) is 0. The molecule has 0 heterocycles. The van der Waals surface area contributed by atoms with Crippen LogP contribution in [0.1, 0.15) is 55.4 Å². The van der Waals surface area contributed by atoms with Crippen molar-refractivity contribution < 1.29 is 0 Å². The zero-order valence-corrected chi connectivity index (χ0v) is 11.8. The molecule has 6 atom stereocenters. The van der Waals surface area contributed by atoms with E-state index in [0.29, 0.717) is 16.2 Å². The van der Waals surface area contributed by atoms with Crippen LogP contribution in [-0.4, -0.2) is 0 Å². The molecule has 2 saturated carbocycles. The van der Waals surface area contributed by atoms with Crippen LogP contribution in [0.25, 0.3) is 0 Å². The lowest BCUT2D eigenvalue weighted by atomic mass is 9.36. The Labute approximate surface area is 95.8 Å². The molecule has 0 aliphatic heterocycles. The fourth-order valence-corrected chi connectivity index (χ4v) is 5.67. The predicted octanol–water partition coefficient (Wildman–Crippen LogP) is 4.60. The van der Waals surface area contributed by atoms with Crippen LogP contribution in [0.15, 0.2) is 0 Å². The highest BCUT2D eigenvalue weighted by atomic mass is 14.8. The quantitative estimate of drug-likeness (QED) is 0.546. The first-order valence-corrected chi connectivity index (χ1v) is 6.63. The van der Waals surface area contributed by atoms with Crippen molar-refractivity contribution >= 4 is 0 Å². The van der Waals surface area contributed by atoms with Crippen LogP contribution in [-0.2, 0) is 0 Å². The SMILES string of the molecule is CC1C(C)C2(C)C(C)C(C)C2(C)C1(C)C. The van der Waals surface area contributed by atoms with Gasteiger partial charge in [-0.1, -0.05) is 55.4 Å². The van der Waals surface area contributed by atoms with E-state index in [1.807, 2.05) is 0 Å². The van der Waals surface area contributed by atoms with Crippen LogP contribution < -0.4 is 0 Å². The topological polar surface area (TPSA) is 0 Å². The molecule has 6 unspecified atom stereocenters. The lowest BCUT2D eigenvalue weighted by molar-refractivity contribution is -0.207. The standard InChI is InChI=1S/C15H28/c1-9-10(2)14(7)11(3)12(4)15(14,8)13(9,5)6/h9-12H,1-8H3. The average molecular weight is 208 g/mol.